The quantitative estimate of drug-likeness (QED) is 0.557. The van der Waals surface area contributed by atoms with Gasteiger partial charge in [0.15, 0.2) is 0 Å². The highest BCUT2D eigenvalue weighted by molar-refractivity contribution is 9.10. The summed E-state index contributed by atoms with van der Waals surface area (Å²) in [4.78, 5) is 16.6. The summed E-state index contributed by atoms with van der Waals surface area (Å²) in [6.45, 7) is 0.663. The predicted molar refractivity (Wildman–Crippen MR) is 103 cm³/mol. The molecule has 7 heteroatoms. The third-order valence-corrected chi connectivity index (χ3v) is 4.30. The van der Waals surface area contributed by atoms with E-state index in [9.17, 15) is 13.6 Å². The van der Waals surface area contributed by atoms with Gasteiger partial charge in [0.25, 0.3) is 5.91 Å². The second-order valence-electron chi connectivity index (χ2n) is 5.82. The SMILES string of the molecule is CC(F)(F)Oc1ccc(NC(=O)c2ccc(Br)c(-c3cccnc3)c2)cc1. The van der Waals surface area contributed by atoms with Crippen LogP contribution in [0.4, 0.5) is 14.5 Å². The Morgan fingerprint density at radius 3 is 2.52 bits per heavy atom. The molecule has 0 bridgehead atoms. The molecule has 1 N–H and O–H groups in total. The molecule has 0 radical (unpaired) electrons. The molecule has 0 unspecified atom stereocenters. The lowest BCUT2D eigenvalue weighted by molar-refractivity contribution is -0.158. The minimum Gasteiger partial charge on any atom is -0.433 e. The lowest BCUT2D eigenvalue weighted by Gasteiger charge is -2.13. The van der Waals surface area contributed by atoms with Crippen LogP contribution in [0.25, 0.3) is 11.1 Å². The maximum atomic E-state index is 12.9. The van der Waals surface area contributed by atoms with E-state index in [1.54, 1.807) is 30.6 Å². The fourth-order valence-corrected chi connectivity index (χ4v) is 2.90. The number of alkyl halides is 2. The average molecular weight is 433 g/mol. The van der Waals surface area contributed by atoms with E-state index in [1.165, 1.54) is 24.3 Å². The summed E-state index contributed by atoms with van der Waals surface area (Å²) in [5.74, 6) is -0.301. The Balaban J connectivity index is 1.77. The number of aromatic nitrogens is 1. The molecule has 3 rings (SSSR count). The number of halogens is 3. The topological polar surface area (TPSA) is 51.2 Å². The number of nitrogens with zero attached hydrogens (tertiary/aromatic N) is 1. The van der Waals surface area contributed by atoms with Crippen LogP contribution < -0.4 is 10.1 Å². The molecule has 1 heterocycles. The van der Waals surface area contributed by atoms with Gasteiger partial charge in [0.2, 0.25) is 0 Å². The third-order valence-electron chi connectivity index (χ3n) is 3.61. The van der Waals surface area contributed by atoms with Gasteiger partial charge in [-0.25, -0.2) is 0 Å². The smallest absolute Gasteiger partial charge is 0.394 e. The van der Waals surface area contributed by atoms with Crippen LogP contribution >= 0.6 is 15.9 Å². The molecule has 2 aromatic carbocycles. The van der Waals surface area contributed by atoms with Crippen LogP contribution in [0.3, 0.4) is 0 Å². The van der Waals surface area contributed by atoms with Crippen molar-refractivity contribution in [1.82, 2.24) is 4.98 Å². The van der Waals surface area contributed by atoms with Crippen molar-refractivity contribution < 1.29 is 18.3 Å². The Morgan fingerprint density at radius 1 is 1.15 bits per heavy atom. The number of benzene rings is 2. The van der Waals surface area contributed by atoms with E-state index in [4.69, 9.17) is 0 Å². The molecule has 3 aromatic rings. The van der Waals surface area contributed by atoms with Crippen LogP contribution in [0.15, 0.2) is 71.5 Å². The van der Waals surface area contributed by atoms with Gasteiger partial charge in [0.1, 0.15) is 5.75 Å². The van der Waals surface area contributed by atoms with E-state index < -0.39 is 6.11 Å². The van der Waals surface area contributed by atoms with E-state index in [2.05, 4.69) is 31.0 Å². The van der Waals surface area contributed by atoms with Gasteiger partial charge in [-0.2, -0.15) is 8.78 Å². The van der Waals surface area contributed by atoms with Gasteiger partial charge in [-0.1, -0.05) is 22.0 Å². The minimum atomic E-state index is -3.26. The highest BCUT2D eigenvalue weighted by Gasteiger charge is 2.23. The minimum absolute atomic E-state index is 0.0167. The zero-order valence-electron chi connectivity index (χ0n) is 14.2. The maximum Gasteiger partial charge on any atom is 0.394 e. The molecular formula is C20H15BrF2N2O2. The molecule has 0 fully saturated rings. The van der Waals surface area contributed by atoms with Gasteiger partial charge in [0, 0.05) is 40.6 Å². The van der Waals surface area contributed by atoms with E-state index in [0.717, 1.165) is 15.6 Å². The van der Waals surface area contributed by atoms with Crippen LogP contribution in [0.2, 0.25) is 0 Å². The summed E-state index contributed by atoms with van der Waals surface area (Å²) < 4.78 is 31.0. The fourth-order valence-electron chi connectivity index (χ4n) is 2.43. The van der Waals surface area contributed by atoms with Gasteiger partial charge in [-0.15, -0.1) is 0 Å². The Kier molecular flexibility index (Phi) is 5.51. The van der Waals surface area contributed by atoms with E-state index >= 15 is 0 Å². The molecule has 0 aliphatic carbocycles. The lowest BCUT2D eigenvalue weighted by atomic mass is 10.0. The van der Waals surface area contributed by atoms with Crippen LogP contribution in [-0.4, -0.2) is 17.0 Å². The first kappa shape index (κ1) is 19.0. The molecule has 0 aliphatic rings. The van der Waals surface area contributed by atoms with Crippen LogP contribution in [0, 0.1) is 0 Å². The number of rotatable bonds is 5. The number of anilines is 1. The Bertz CT molecular complexity index is 942. The molecule has 0 spiro atoms. The Labute approximate surface area is 163 Å². The number of carbonyl (C=O) groups excluding carboxylic acids is 1. The predicted octanol–water partition coefficient (Wildman–Crippen LogP) is 5.75. The maximum absolute atomic E-state index is 12.9. The molecular weight excluding hydrogens is 418 g/mol. The summed E-state index contributed by atoms with van der Waals surface area (Å²) in [5, 5.41) is 2.73. The summed E-state index contributed by atoms with van der Waals surface area (Å²) in [6, 6.07) is 14.7. The highest BCUT2D eigenvalue weighted by atomic mass is 79.9. The van der Waals surface area contributed by atoms with Crippen molar-refractivity contribution in [3.63, 3.8) is 0 Å². The highest BCUT2D eigenvalue weighted by Crippen LogP contribution is 2.29. The lowest BCUT2D eigenvalue weighted by Crippen LogP contribution is -2.19. The number of hydrogen-bond acceptors (Lipinski definition) is 3. The Hall–Kier alpha value is -2.80. The molecule has 27 heavy (non-hydrogen) atoms. The van der Waals surface area contributed by atoms with E-state index in [-0.39, 0.29) is 11.7 Å². The number of pyridine rings is 1. The van der Waals surface area contributed by atoms with Crippen LogP contribution in [-0.2, 0) is 0 Å². The van der Waals surface area contributed by atoms with Gasteiger partial charge in [-0.05, 0) is 54.1 Å². The molecule has 1 aromatic heterocycles. The van der Waals surface area contributed by atoms with Crippen molar-refractivity contribution in [3.8, 4) is 16.9 Å². The number of amides is 1. The van der Waals surface area contributed by atoms with Crippen molar-refractivity contribution in [2.45, 2.75) is 13.0 Å². The second-order valence-corrected chi connectivity index (χ2v) is 6.68. The summed E-state index contributed by atoms with van der Waals surface area (Å²) in [7, 11) is 0. The second kappa shape index (κ2) is 7.84. The normalized spacial score (nSPS) is 11.1. The standard InChI is InChI=1S/C20H15BrF2N2O2/c1-20(22,23)27-16-7-5-15(6-8-16)25-19(26)13-4-9-18(21)17(11-13)14-3-2-10-24-12-14/h2-12H,1H3,(H,25,26). The number of carbonyl (C=O) groups is 1. The van der Waals surface area contributed by atoms with Crippen LogP contribution in [0.1, 0.15) is 17.3 Å². The molecule has 1 amide bonds. The Morgan fingerprint density at radius 2 is 1.89 bits per heavy atom. The first-order valence-electron chi connectivity index (χ1n) is 8.00. The molecule has 0 atom stereocenters. The number of ether oxygens (including phenoxy) is 1. The molecule has 0 saturated carbocycles. The monoisotopic (exact) mass is 432 g/mol. The summed E-state index contributed by atoms with van der Waals surface area (Å²) in [5.41, 5.74) is 2.64. The third kappa shape index (κ3) is 5.10. The van der Waals surface area contributed by atoms with Crippen molar-refractivity contribution in [2.75, 3.05) is 5.32 Å². The van der Waals surface area contributed by atoms with Crippen molar-refractivity contribution in [1.29, 1.82) is 0 Å². The van der Waals surface area contributed by atoms with Gasteiger partial charge >= 0.3 is 6.11 Å². The van der Waals surface area contributed by atoms with Gasteiger partial charge in [-0.3, -0.25) is 9.78 Å². The number of nitrogens with one attached hydrogen (secondary N) is 1. The first-order valence-corrected chi connectivity index (χ1v) is 8.79. The fraction of sp³-hybridized carbons (Fsp3) is 0.100. The molecule has 0 aliphatic heterocycles. The van der Waals surface area contributed by atoms with Gasteiger partial charge in [0.05, 0.1) is 0 Å². The van der Waals surface area contributed by atoms with Crippen molar-refractivity contribution in [3.05, 3.63) is 77.0 Å². The average Bonchev–Trinajstić information content (AvgIpc) is 2.63. The summed E-state index contributed by atoms with van der Waals surface area (Å²) >= 11 is 3.48. The van der Waals surface area contributed by atoms with Gasteiger partial charge < -0.3 is 10.1 Å². The summed E-state index contributed by atoms with van der Waals surface area (Å²) in [6.07, 6.45) is 0.130. The van der Waals surface area contributed by atoms with Crippen LogP contribution in [0.5, 0.6) is 5.75 Å². The molecule has 0 saturated heterocycles. The number of hydrogen-bond donors (Lipinski definition) is 1. The van der Waals surface area contributed by atoms with Crippen molar-refractivity contribution >= 4 is 27.5 Å². The van der Waals surface area contributed by atoms with Crippen molar-refractivity contribution in [2.24, 2.45) is 0 Å². The zero-order valence-corrected chi connectivity index (χ0v) is 15.8. The molecule has 138 valence electrons. The molecule has 4 nitrogen and oxygen atoms in total. The first-order chi connectivity index (χ1) is 12.8. The zero-order chi connectivity index (χ0) is 19.4. The largest absolute Gasteiger partial charge is 0.433 e. The van der Waals surface area contributed by atoms with E-state index in [1.807, 2.05) is 12.1 Å². The van der Waals surface area contributed by atoms with E-state index in [0.29, 0.717) is 18.2 Å².